The van der Waals surface area contributed by atoms with E-state index in [1.54, 1.807) is 6.92 Å². The van der Waals surface area contributed by atoms with Crippen LogP contribution in [0.2, 0.25) is 0 Å². The molecule has 1 rings (SSSR count). The van der Waals surface area contributed by atoms with Crippen molar-refractivity contribution in [1.82, 2.24) is 9.78 Å². The van der Waals surface area contributed by atoms with Gasteiger partial charge in [0.15, 0.2) is 0 Å². The Morgan fingerprint density at radius 2 is 2.38 bits per heavy atom. The number of rotatable bonds is 6. The van der Waals surface area contributed by atoms with Crippen molar-refractivity contribution in [3.05, 3.63) is 18.0 Å². The summed E-state index contributed by atoms with van der Waals surface area (Å²) in [6, 6.07) is 1.92. The van der Waals surface area contributed by atoms with Gasteiger partial charge in [0.05, 0.1) is 5.69 Å². The standard InChI is InChI=1S/C11H19N3O2/c1-3-11(12,10(15)16)6-4-7-14-8-5-9(2)13-14/h5,8H,3-4,6-7,12H2,1-2H3,(H,15,16). The van der Waals surface area contributed by atoms with Gasteiger partial charge in [0, 0.05) is 12.7 Å². The Hall–Kier alpha value is -1.36. The van der Waals surface area contributed by atoms with Gasteiger partial charge in [-0.3, -0.25) is 9.48 Å². The van der Waals surface area contributed by atoms with Gasteiger partial charge in [-0.1, -0.05) is 6.92 Å². The molecule has 0 bridgehead atoms. The number of hydrogen-bond acceptors (Lipinski definition) is 3. The number of nitrogens with two attached hydrogens (primary N) is 1. The van der Waals surface area contributed by atoms with Crippen LogP contribution < -0.4 is 5.73 Å². The molecule has 1 unspecified atom stereocenters. The summed E-state index contributed by atoms with van der Waals surface area (Å²) >= 11 is 0. The summed E-state index contributed by atoms with van der Waals surface area (Å²) in [4.78, 5) is 11.0. The summed E-state index contributed by atoms with van der Waals surface area (Å²) in [5.74, 6) is -0.924. The maximum absolute atomic E-state index is 11.0. The van der Waals surface area contributed by atoms with Crippen LogP contribution in [-0.2, 0) is 11.3 Å². The summed E-state index contributed by atoms with van der Waals surface area (Å²) in [5, 5.41) is 13.2. The molecule has 0 spiro atoms. The van der Waals surface area contributed by atoms with E-state index in [0.717, 1.165) is 12.1 Å². The van der Waals surface area contributed by atoms with Crippen molar-refractivity contribution in [2.24, 2.45) is 5.73 Å². The molecule has 0 saturated carbocycles. The molecule has 0 saturated heterocycles. The first kappa shape index (κ1) is 12.7. The normalized spacial score (nSPS) is 14.7. The number of aliphatic carboxylic acids is 1. The van der Waals surface area contributed by atoms with Gasteiger partial charge in [0.1, 0.15) is 5.54 Å². The van der Waals surface area contributed by atoms with Crippen molar-refractivity contribution in [2.75, 3.05) is 0 Å². The number of carbonyl (C=O) groups is 1. The van der Waals surface area contributed by atoms with Gasteiger partial charge in [-0.25, -0.2) is 0 Å². The molecule has 0 amide bonds. The Balaban J connectivity index is 2.43. The second-order valence-electron chi connectivity index (χ2n) is 4.14. The fourth-order valence-corrected chi connectivity index (χ4v) is 1.58. The number of hydrogen-bond donors (Lipinski definition) is 2. The minimum absolute atomic E-state index is 0.445. The Morgan fingerprint density at radius 1 is 1.69 bits per heavy atom. The average Bonchev–Trinajstić information content (AvgIpc) is 2.63. The molecule has 90 valence electrons. The van der Waals surface area contributed by atoms with Gasteiger partial charge >= 0.3 is 5.97 Å². The van der Waals surface area contributed by atoms with E-state index in [4.69, 9.17) is 10.8 Å². The summed E-state index contributed by atoms with van der Waals surface area (Å²) in [6.45, 7) is 4.43. The molecular formula is C11H19N3O2. The minimum atomic E-state index is -1.10. The predicted molar refractivity (Wildman–Crippen MR) is 61.0 cm³/mol. The maximum atomic E-state index is 11.0. The van der Waals surface area contributed by atoms with Crippen LogP contribution in [0.1, 0.15) is 31.9 Å². The van der Waals surface area contributed by atoms with Crippen LogP contribution in [0.15, 0.2) is 12.3 Å². The molecule has 1 aromatic rings. The zero-order valence-corrected chi connectivity index (χ0v) is 9.81. The summed E-state index contributed by atoms with van der Waals surface area (Å²) < 4.78 is 1.81. The van der Waals surface area contributed by atoms with Crippen molar-refractivity contribution >= 4 is 5.97 Å². The number of aryl methyl sites for hydroxylation is 2. The van der Waals surface area contributed by atoms with Gasteiger partial charge in [0.25, 0.3) is 0 Å². The largest absolute Gasteiger partial charge is 0.480 e. The first-order valence-corrected chi connectivity index (χ1v) is 5.50. The Labute approximate surface area is 95.3 Å². The molecule has 0 aromatic carbocycles. The highest BCUT2D eigenvalue weighted by Gasteiger charge is 2.30. The molecule has 5 heteroatoms. The van der Waals surface area contributed by atoms with E-state index in [1.165, 1.54) is 0 Å². The summed E-state index contributed by atoms with van der Waals surface area (Å²) in [5.41, 5.74) is 5.65. The fraction of sp³-hybridized carbons (Fsp3) is 0.636. The zero-order valence-electron chi connectivity index (χ0n) is 9.81. The monoisotopic (exact) mass is 225 g/mol. The maximum Gasteiger partial charge on any atom is 0.323 e. The average molecular weight is 225 g/mol. The molecule has 0 aliphatic carbocycles. The van der Waals surface area contributed by atoms with Crippen LogP contribution in [0.25, 0.3) is 0 Å². The van der Waals surface area contributed by atoms with Crippen molar-refractivity contribution in [3.8, 4) is 0 Å². The molecule has 1 aromatic heterocycles. The van der Waals surface area contributed by atoms with Gasteiger partial charge in [-0.15, -0.1) is 0 Å². The molecule has 1 atom stereocenters. The molecule has 0 fully saturated rings. The second-order valence-corrected chi connectivity index (χ2v) is 4.14. The molecule has 16 heavy (non-hydrogen) atoms. The quantitative estimate of drug-likeness (QED) is 0.761. The molecular weight excluding hydrogens is 206 g/mol. The molecule has 0 aliphatic heterocycles. The Bertz CT molecular complexity index is 362. The van der Waals surface area contributed by atoms with E-state index in [1.807, 2.05) is 23.9 Å². The van der Waals surface area contributed by atoms with Crippen LogP contribution in [0.5, 0.6) is 0 Å². The third kappa shape index (κ3) is 3.06. The van der Waals surface area contributed by atoms with E-state index in [2.05, 4.69) is 5.10 Å². The van der Waals surface area contributed by atoms with Crippen LogP contribution >= 0.6 is 0 Å². The third-order valence-corrected chi connectivity index (χ3v) is 2.84. The first-order chi connectivity index (χ1) is 7.48. The van der Waals surface area contributed by atoms with Crippen LogP contribution in [0.3, 0.4) is 0 Å². The number of carboxylic acid groups (broad SMARTS) is 1. The van der Waals surface area contributed by atoms with Gasteiger partial charge in [0.2, 0.25) is 0 Å². The highest BCUT2D eigenvalue weighted by atomic mass is 16.4. The molecule has 0 radical (unpaired) electrons. The van der Waals surface area contributed by atoms with E-state index in [-0.39, 0.29) is 0 Å². The summed E-state index contributed by atoms with van der Waals surface area (Å²) in [7, 11) is 0. The molecule has 1 heterocycles. The predicted octanol–water partition coefficient (Wildman–Crippen LogP) is 1.16. The van der Waals surface area contributed by atoms with E-state index < -0.39 is 11.5 Å². The lowest BCUT2D eigenvalue weighted by Crippen LogP contribution is -2.47. The minimum Gasteiger partial charge on any atom is -0.480 e. The lowest BCUT2D eigenvalue weighted by molar-refractivity contribution is -0.143. The highest BCUT2D eigenvalue weighted by molar-refractivity contribution is 5.78. The number of nitrogens with zero attached hydrogens (tertiary/aromatic N) is 2. The van der Waals surface area contributed by atoms with Crippen molar-refractivity contribution in [1.29, 1.82) is 0 Å². The first-order valence-electron chi connectivity index (χ1n) is 5.50. The number of carboxylic acids is 1. The van der Waals surface area contributed by atoms with Crippen LogP contribution in [0, 0.1) is 6.92 Å². The lowest BCUT2D eigenvalue weighted by Gasteiger charge is -2.22. The second kappa shape index (κ2) is 5.12. The topological polar surface area (TPSA) is 81.1 Å². The van der Waals surface area contributed by atoms with E-state index in [9.17, 15) is 4.79 Å². The molecule has 0 aliphatic rings. The van der Waals surface area contributed by atoms with Crippen LogP contribution in [-0.4, -0.2) is 26.4 Å². The van der Waals surface area contributed by atoms with E-state index >= 15 is 0 Å². The van der Waals surface area contributed by atoms with Crippen LogP contribution in [0.4, 0.5) is 0 Å². The fourth-order valence-electron chi connectivity index (χ4n) is 1.58. The van der Waals surface area contributed by atoms with E-state index in [0.29, 0.717) is 19.4 Å². The van der Waals surface area contributed by atoms with Gasteiger partial charge in [-0.2, -0.15) is 5.10 Å². The van der Waals surface area contributed by atoms with Gasteiger partial charge < -0.3 is 10.8 Å². The molecule has 3 N–H and O–H groups in total. The SMILES string of the molecule is CCC(N)(CCCn1ccc(C)n1)C(=O)O. The highest BCUT2D eigenvalue weighted by Crippen LogP contribution is 2.15. The van der Waals surface area contributed by atoms with Crippen molar-refractivity contribution < 1.29 is 9.90 Å². The van der Waals surface area contributed by atoms with Crippen molar-refractivity contribution in [2.45, 2.75) is 45.2 Å². The lowest BCUT2D eigenvalue weighted by atomic mass is 9.92. The smallest absolute Gasteiger partial charge is 0.323 e. The number of aromatic nitrogens is 2. The summed E-state index contributed by atoms with van der Waals surface area (Å²) in [6.07, 6.45) is 3.52. The molecule has 5 nitrogen and oxygen atoms in total. The third-order valence-electron chi connectivity index (χ3n) is 2.84. The zero-order chi connectivity index (χ0) is 12.2. The van der Waals surface area contributed by atoms with Crippen molar-refractivity contribution in [3.63, 3.8) is 0 Å². The Morgan fingerprint density at radius 3 is 2.81 bits per heavy atom. The van der Waals surface area contributed by atoms with Gasteiger partial charge in [-0.05, 0) is 32.3 Å². The Kier molecular flexibility index (Phi) is 4.06.